The molecule has 0 saturated carbocycles. The van der Waals surface area contributed by atoms with E-state index in [1.54, 1.807) is 6.08 Å². The fourth-order valence-electron chi connectivity index (χ4n) is 1.59. The molecule has 1 aliphatic rings. The molecular weight excluding hydrogens is 208 g/mol. The summed E-state index contributed by atoms with van der Waals surface area (Å²) in [7, 11) is 0. The zero-order valence-electron chi connectivity index (χ0n) is 8.17. The lowest BCUT2D eigenvalue weighted by Crippen LogP contribution is -2.12. The molecule has 2 unspecified atom stereocenters. The fourth-order valence-corrected chi connectivity index (χ4v) is 2.07. The summed E-state index contributed by atoms with van der Waals surface area (Å²) in [5, 5.41) is -0.252. The van der Waals surface area contributed by atoms with Crippen molar-refractivity contribution in [2.24, 2.45) is 0 Å². The maximum absolute atomic E-state index is 10.8. The summed E-state index contributed by atoms with van der Waals surface area (Å²) >= 11 is -1.75. The van der Waals surface area contributed by atoms with Gasteiger partial charge in [0.05, 0.1) is 5.25 Å². The molecule has 0 fully saturated rings. The SMILES string of the molecule is O=S(O)C1C=CC(c2ccccc2)=CC1. The summed E-state index contributed by atoms with van der Waals surface area (Å²) in [6.45, 7) is 0. The van der Waals surface area contributed by atoms with Crippen LogP contribution < -0.4 is 0 Å². The van der Waals surface area contributed by atoms with Gasteiger partial charge in [0.15, 0.2) is 11.1 Å². The molecule has 0 aromatic heterocycles. The number of allylic oxidation sites excluding steroid dienone is 3. The molecule has 0 heterocycles. The normalized spacial score (nSPS) is 22.2. The van der Waals surface area contributed by atoms with Crippen LogP contribution in [0.4, 0.5) is 0 Å². The van der Waals surface area contributed by atoms with E-state index in [4.69, 9.17) is 4.55 Å². The minimum Gasteiger partial charge on any atom is -0.306 e. The molecule has 0 bridgehead atoms. The molecule has 2 atom stereocenters. The second kappa shape index (κ2) is 4.55. The van der Waals surface area contributed by atoms with Crippen LogP contribution in [0, 0.1) is 0 Å². The Kier molecular flexibility index (Phi) is 3.14. The third kappa shape index (κ3) is 2.43. The van der Waals surface area contributed by atoms with E-state index >= 15 is 0 Å². The van der Waals surface area contributed by atoms with Crippen molar-refractivity contribution >= 4 is 16.7 Å². The third-order valence-corrected chi connectivity index (χ3v) is 3.29. The molecular formula is C12H12O2S. The van der Waals surface area contributed by atoms with Crippen molar-refractivity contribution in [3.63, 3.8) is 0 Å². The second-order valence-corrected chi connectivity index (χ2v) is 4.59. The predicted molar refractivity (Wildman–Crippen MR) is 62.7 cm³/mol. The van der Waals surface area contributed by atoms with Gasteiger partial charge in [-0.05, 0) is 17.6 Å². The average molecular weight is 220 g/mol. The summed E-state index contributed by atoms with van der Waals surface area (Å²) in [6.07, 6.45) is 6.36. The molecule has 1 aliphatic carbocycles. The Bertz CT molecular complexity index is 421. The minimum atomic E-state index is -1.75. The predicted octanol–water partition coefficient (Wildman–Crippen LogP) is 2.62. The third-order valence-electron chi connectivity index (χ3n) is 2.43. The van der Waals surface area contributed by atoms with Gasteiger partial charge in [-0.15, -0.1) is 0 Å². The highest BCUT2D eigenvalue weighted by Gasteiger charge is 2.13. The van der Waals surface area contributed by atoms with Crippen LogP contribution in [0.25, 0.3) is 5.57 Å². The van der Waals surface area contributed by atoms with Crippen molar-refractivity contribution in [3.8, 4) is 0 Å². The molecule has 0 aliphatic heterocycles. The Hall–Kier alpha value is -1.19. The molecule has 78 valence electrons. The average Bonchev–Trinajstić information content (AvgIpc) is 2.30. The highest BCUT2D eigenvalue weighted by atomic mass is 32.2. The molecule has 15 heavy (non-hydrogen) atoms. The number of rotatable bonds is 2. The molecule has 1 aromatic carbocycles. The molecule has 0 spiro atoms. The van der Waals surface area contributed by atoms with Gasteiger partial charge in [0.25, 0.3) is 0 Å². The van der Waals surface area contributed by atoms with Crippen molar-refractivity contribution < 1.29 is 8.76 Å². The van der Waals surface area contributed by atoms with E-state index in [-0.39, 0.29) is 5.25 Å². The van der Waals surface area contributed by atoms with Gasteiger partial charge in [0.2, 0.25) is 0 Å². The van der Waals surface area contributed by atoms with Crippen molar-refractivity contribution in [2.75, 3.05) is 0 Å². The van der Waals surface area contributed by atoms with Gasteiger partial charge in [-0.3, -0.25) is 0 Å². The first-order valence-electron chi connectivity index (χ1n) is 4.81. The molecule has 0 saturated heterocycles. The molecule has 2 rings (SSSR count). The standard InChI is InChI=1S/C12H12O2S/c13-15(14)12-8-6-11(7-9-12)10-4-2-1-3-5-10/h1-8,12H,9H2,(H,13,14). The minimum absolute atomic E-state index is 0.252. The van der Waals surface area contributed by atoms with E-state index in [0.29, 0.717) is 6.42 Å². The molecule has 0 radical (unpaired) electrons. The van der Waals surface area contributed by atoms with E-state index in [1.165, 1.54) is 0 Å². The first-order valence-corrected chi connectivity index (χ1v) is 5.98. The topological polar surface area (TPSA) is 37.3 Å². The first-order chi connectivity index (χ1) is 7.27. The Labute approximate surface area is 91.6 Å². The van der Waals surface area contributed by atoms with Gasteiger partial charge in [-0.25, -0.2) is 4.21 Å². The van der Waals surface area contributed by atoms with Gasteiger partial charge >= 0.3 is 0 Å². The van der Waals surface area contributed by atoms with E-state index in [9.17, 15) is 4.21 Å². The van der Waals surface area contributed by atoms with Crippen molar-refractivity contribution in [1.29, 1.82) is 0 Å². The van der Waals surface area contributed by atoms with E-state index in [0.717, 1.165) is 11.1 Å². The first kappa shape index (κ1) is 10.3. The van der Waals surface area contributed by atoms with Crippen LogP contribution in [0.5, 0.6) is 0 Å². The van der Waals surface area contributed by atoms with Crippen LogP contribution in [-0.4, -0.2) is 14.0 Å². The summed E-state index contributed by atoms with van der Waals surface area (Å²) in [5.41, 5.74) is 2.27. The maximum Gasteiger partial charge on any atom is 0.160 e. The van der Waals surface area contributed by atoms with Crippen molar-refractivity contribution in [3.05, 3.63) is 54.1 Å². The molecule has 1 aromatic rings. The van der Waals surface area contributed by atoms with Crippen LogP contribution in [-0.2, 0) is 11.1 Å². The quantitative estimate of drug-likeness (QED) is 0.778. The smallest absolute Gasteiger partial charge is 0.160 e. The highest BCUT2D eigenvalue weighted by Crippen LogP contribution is 2.22. The maximum atomic E-state index is 10.8. The van der Waals surface area contributed by atoms with Gasteiger partial charge in [-0.2, -0.15) is 0 Å². The molecule has 0 amide bonds. The highest BCUT2D eigenvalue weighted by molar-refractivity contribution is 7.80. The summed E-state index contributed by atoms with van der Waals surface area (Å²) in [4.78, 5) is 0. The summed E-state index contributed by atoms with van der Waals surface area (Å²) < 4.78 is 19.8. The molecule has 2 nitrogen and oxygen atoms in total. The van der Waals surface area contributed by atoms with Crippen LogP contribution in [0.3, 0.4) is 0 Å². The largest absolute Gasteiger partial charge is 0.306 e. The number of benzene rings is 1. The zero-order chi connectivity index (χ0) is 10.7. The molecule has 1 N–H and O–H groups in total. The van der Waals surface area contributed by atoms with Gasteiger partial charge < -0.3 is 4.55 Å². The summed E-state index contributed by atoms with van der Waals surface area (Å²) in [6, 6.07) is 10.0. The van der Waals surface area contributed by atoms with Crippen LogP contribution in [0.2, 0.25) is 0 Å². The number of hydrogen-bond donors (Lipinski definition) is 1. The zero-order valence-corrected chi connectivity index (χ0v) is 8.98. The lowest BCUT2D eigenvalue weighted by molar-refractivity contribution is 0.556. The Morgan fingerprint density at radius 3 is 2.53 bits per heavy atom. The lowest BCUT2D eigenvalue weighted by Gasteiger charge is -2.12. The van der Waals surface area contributed by atoms with Crippen molar-refractivity contribution in [1.82, 2.24) is 0 Å². The Balaban J connectivity index is 2.17. The second-order valence-electron chi connectivity index (χ2n) is 3.43. The fraction of sp³-hybridized carbons (Fsp3) is 0.167. The Morgan fingerprint density at radius 2 is 2.00 bits per heavy atom. The number of hydrogen-bond acceptors (Lipinski definition) is 1. The Morgan fingerprint density at radius 1 is 1.27 bits per heavy atom. The monoisotopic (exact) mass is 220 g/mol. The lowest BCUT2D eigenvalue weighted by atomic mass is 10.00. The van der Waals surface area contributed by atoms with Crippen molar-refractivity contribution in [2.45, 2.75) is 11.7 Å². The van der Waals surface area contributed by atoms with Gasteiger partial charge in [0, 0.05) is 0 Å². The van der Waals surface area contributed by atoms with E-state index in [2.05, 4.69) is 0 Å². The van der Waals surface area contributed by atoms with Crippen LogP contribution >= 0.6 is 0 Å². The van der Waals surface area contributed by atoms with Crippen LogP contribution in [0.15, 0.2) is 48.6 Å². The molecule has 3 heteroatoms. The van der Waals surface area contributed by atoms with E-state index in [1.807, 2.05) is 42.5 Å². The summed E-state index contributed by atoms with van der Waals surface area (Å²) in [5.74, 6) is 0. The van der Waals surface area contributed by atoms with Crippen LogP contribution in [0.1, 0.15) is 12.0 Å². The van der Waals surface area contributed by atoms with Gasteiger partial charge in [0.1, 0.15) is 0 Å². The van der Waals surface area contributed by atoms with Gasteiger partial charge in [-0.1, -0.05) is 48.6 Å². The van der Waals surface area contributed by atoms with E-state index < -0.39 is 11.1 Å².